The van der Waals surface area contributed by atoms with E-state index in [1.807, 2.05) is 11.0 Å². The lowest BCUT2D eigenvalue weighted by atomic mass is 10.1. The highest BCUT2D eigenvalue weighted by atomic mass is 31.2. The molecule has 0 aliphatic heterocycles. The molecule has 1 rings (SSSR count). The summed E-state index contributed by atoms with van der Waals surface area (Å²) in [5.41, 5.74) is 0. The maximum absolute atomic E-state index is 12.9. The van der Waals surface area contributed by atoms with Gasteiger partial charge in [0.15, 0.2) is 0 Å². The molecule has 1 N–H and O–H groups in total. The fraction of sp³-hybridized carbons (Fsp3) is 0.708. The molecule has 166 valence electrons. The molecular weight excluding hydrogens is 381 g/mol. The van der Waals surface area contributed by atoms with E-state index in [-0.39, 0.29) is 12.1 Å². The van der Waals surface area contributed by atoms with Crippen LogP contribution < -0.4 is 5.30 Å². The summed E-state index contributed by atoms with van der Waals surface area (Å²) in [7, 11) is -3.65. The van der Waals surface area contributed by atoms with Crippen LogP contribution in [-0.2, 0) is 9.36 Å². The first-order valence-corrected chi connectivity index (χ1v) is 13.5. The third kappa shape index (κ3) is 11.6. The van der Waals surface area contributed by atoms with Gasteiger partial charge in [-0.3, -0.25) is 9.36 Å². The van der Waals surface area contributed by atoms with Gasteiger partial charge in [-0.25, -0.2) is 0 Å². The van der Waals surface area contributed by atoms with Crippen molar-refractivity contribution in [3.8, 4) is 0 Å². The van der Waals surface area contributed by atoms with Crippen molar-refractivity contribution in [3.05, 3.63) is 30.3 Å². The Morgan fingerprint density at radius 1 is 0.793 bits per heavy atom. The van der Waals surface area contributed by atoms with E-state index >= 15 is 0 Å². The van der Waals surface area contributed by atoms with Crippen molar-refractivity contribution in [1.82, 2.24) is 4.90 Å². The van der Waals surface area contributed by atoms with Crippen LogP contribution in [-0.4, -0.2) is 35.0 Å². The largest absolute Gasteiger partial charge is 0.342 e. The molecule has 0 aliphatic carbocycles. The number of unbranched alkanes of at least 4 members (excludes halogenated alkanes) is 10. The van der Waals surface area contributed by atoms with Crippen LogP contribution in [0.2, 0.25) is 0 Å². The van der Waals surface area contributed by atoms with Crippen molar-refractivity contribution in [2.45, 2.75) is 90.9 Å². The molecule has 1 unspecified atom stereocenters. The van der Waals surface area contributed by atoms with Crippen molar-refractivity contribution in [2.24, 2.45) is 0 Å². The lowest BCUT2D eigenvalue weighted by Crippen LogP contribution is -2.35. The predicted octanol–water partition coefficient (Wildman–Crippen LogP) is 6.13. The third-order valence-corrected chi connectivity index (χ3v) is 7.23. The highest BCUT2D eigenvalue weighted by Gasteiger charge is 2.27. The van der Waals surface area contributed by atoms with Gasteiger partial charge in [0.2, 0.25) is 13.3 Å². The zero-order chi connectivity index (χ0) is 21.4. The minimum atomic E-state index is -3.65. The quantitative estimate of drug-likeness (QED) is 0.242. The molecule has 0 fully saturated rings. The van der Waals surface area contributed by atoms with Crippen molar-refractivity contribution in [1.29, 1.82) is 0 Å². The van der Waals surface area contributed by atoms with Gasteiger partial charge in [0.25, 0.3) is 0 Å². The van der Waals surface area contributed by atoms with E-state index in [0.29, 0.717) is 18.4 Å². The molecule has 1 amide bonds. The molecule has 0 aromatic heterocycles. The van der Waals surface area contributed by atoms with Crippen LogP contribution in [0.5, 0.6) is 0 Å². The number of rotatable bonds is 17. The Labute approximate surface area is 178 Å². The standard InChI is InChI=1S/C24H42NO3P/c1-3-5-7-9-11-16-20-25(21-17-12-10-8-6-4-2)24(26)22-29(27,28)23-18-14-13-15-19-23/h13-15,18-19H,3-12,16-17,20-22H2,1-2H3,(H,27,28). The maximum Gasteiger partial charge on any atom is 0.238 e. The second kappa shape index (κ2) is 15.7. The summed E-state index contributed by atoms with van der Waals surface area (Å²) < 4.78 is 12.7. The monoisotopic (exact) mass is 423 g/mol. The molecule has 0 spiro atoms. The van der Waals surface area contributed by atoms with Gasteiger partial charge in [0.05, 0.1) is 0 Å². The molecule has 0 aliphatic rings. The first-order valence-electron chi connectivity index (χ1n) is 11.7. The van der Waals surface area contributed by atoms with Crippen LogP contribution in [0, 0.1) is 0 Å². The second-order valence-electron chi connectivity index (χ2n) is 8.11. The Bertz CT molecular complexity index is 575. The Morgan fingerprint density at radius 2 is 1.24 bits per heavy atom. The fourth-order valence-electron chi connectivity index (χ4n) is 3.56. The van der Waals surface area contributed by atoms with E-state index in [2.05, 4.69) is 13.8 Å². The number of benzene rings is 1. The SMILES string of the molecule is CCCCCCCCN(CCCCCCCC)C(=O)CP(=O)(O)c1ccccc1. The van der Waals surface area contributed by atoms with Gasteiger partial charge < -0.3 is 9.79 Å². The molecule has 1 aromatic carbocycles. The summed E-state index contributed by atoms with van der Waals surface area (Å²) in [4.78, 5) is 25.1. The Balaban J connectivity index is 2.55. The molecule has 0 saturated heterocycles. The molecule has 1 aromatic rings. The molecule has 0 heterocycles. The van der Waals surface area contributed by atoms with Gasteiger partial charge in [-0.05, 0) is 25.0 Å². The van der Waals surface area contributed by atoms with E-state index in [4.69, 9.17) is 0 Å². The lowest BCUT2D eigenvalue weighted by Gasteiger charge is -2.24. The van der Waals surface area contributed by atoms with Gasteiger partial charge in [-0.2, -0.15) is 0 Å². The van der Waals surface area contributed by atoms with Gasteiger partial charge in [0.1, 0.15) is 6.16 Å². The summed E-state index contributed by atoms with van der Waals surface area (Å²) >= 11 is 0. The number of hydrogen-bond donors (Lipinski definition) is 1. The van der Waals surface area contributed by atoms with E-state index in [1.54, 1.807) is 24.3 Å². The van der Waals surface area contributed by atoms with Crippen molar-refractivity contribution < 1.29 is 14.3 Å². The molecule has 4 nitrogen and oxygen atoms in total. The average Bonchev–Trinajstić information content (AvgIpc) is 2.71. The Kier molecular flexibility index (Phi) is 14.0. The van der Waals surface area contributed by atoms with E-state index in [0.717, 1.165) is 25.7 Å². The average molecular weight is 424 g/mol. The van der Waals surface area contributed by atoms with Crippen molar-refractivity contribution >= 4 is 18.6 Å². The zero-order valence-electron chi connectivity index (χ0n) is 18.7. The van der Waals surface area contributed by atoms with Gasteiger partial charge in [-0.1, -0.05) is 96.3 Å². The van der Waals surface area contributed by atoms with E-state index in [1.165, 1.54) is 51.4 Å². The number of hydrogen-bond acceptors (Lipinski definition) is 2. The van der Waals surface area contributed by atoms with Gasteiger partial charge >= 0.3 is 0 Å². The topological polar surface area (TPSA) is 57.6 Å². The lowest BCUT2D eigenvalue weighted by molar-refractivity contribution is -0.128. The van der Waals surface area contributed by atoms with Crippen molar-refractivity contribution in [3.63, 3.8) is 0 Å². The number of carbonyl (C=O) groups excluding carboxylic acids is 1. The maximum atomic E-state index is 12.9. The van der Waals surface area contributed by atoms with Gasteiger partial charge in [-0.15, -0.1) is 0 Å². The van der Waals surface area contributed by atoms with Crippen LogP contribution >= 0.6 is 7.37 Å². The summed E-state index contributed by atoms with van der Waals surface area (Å²) in [6.45, 7) is 5.82. The smallest absolute Gasteiger partial charge is 0.238 e. The van der Waals surface area contributed by atoms with Crippen LogP contribution in [0.4, 0.5) is 0 Å². The van der Waals surface area contributed by atoms with E-state index < -0.39 is 7.37 Å². The normalized spacial score (nSPS) is 13.2. The Morgan fingerprint density at radius 3 is 1.72 bits per heavy atom. The summed E-state index contributed by atoms with van der Waals surface area (Å²) in [5, 5.41) is 0.368. The highest BCUT2D eigenvalue weighted by Crippen LogP contribution is 2.39. The van der Waals surface area contributed by atoms with Crippen LogP contribution in [0.15, 0.2) is 30.3 Å². The first-order chi connectivity index (χ1) is 14.0. The molecule has 0 saturated carbocycles. The van der Waals surface area contributed by atoms with Crippen molar-refractivity contribution in [2.75, 3.05) is 19.3 Å². The molecule has 5 heteroatoms. The first kappa shape index (κ1) is 25.9. The van der Waals surface area contributed by atoms with Gasteiger partial charge in [0, 0.05) is 18.4 Å². The van der Waals surface area contributed by atoms with Crippen LogP contribution in [0.1, 0.15) is 90.9 Å². The summed E-state index contributed by atoms with van der Waals surface area (Å²) in [6, 6.07) is 8.58. The van der Waals surface area contributed by atoms with Crippen LogP contribution in [0.3, 0.4) is 0 Å². The fourth-order valence-corrected chi connectivity index (χ4v) is 4.95. The highest BCUT2D eigenvalue weighted by molar-refractivity contribution is 7.66. The minimum Gasteiger partial charge on any atom is -0.342 e. The molecule has 0 radical (unpaired) electrons. The summed E-state index contributed by atoms with van der Waals surface area (Å²) in [5.74, 6) is -0.179. The predicted molar refractivity (Wildman–Crippen MR) is 124 cm³/mol. The number of nitrogens with zero attached hydrogens (tertiary/aromatic N) is 1. The van der Waals surface area contributed by atoms with E-state index in [9.17, 15) is 14.3 Å². The van der Waals surface area contributed by atoms with Crippen LogP contribution in [0.25, 0.3) is 0 Å². The third-order valence-electron chi connectivity index (χ3n) is 5.43. The molecule has 1 atom stereocenters. The molecule has 29 heavy (non-hydrogen) atoms. The zero-order valence-corrected chi connectivity index (χ0v) is 19.5. The molecular formula is C24H42NO3P. The number of amides is 1. The second-order valence-corrected chi connectivity index (χ2v) is 10.3. The minimum absolute atomic E-state index is 0.179. The summed E-state index contributed by atoms with van der Waals surface area (Å²) in [6.07, 6.45) is 13.8. The Hall–Kier alpha value is -1.12. The number of carbonyl (C=O) groups is 1. The molecule has 0 bridgehead atoms.